The molecule has 22 heavy (non-hydrogen) atoms. The van der Waals surface area contributed by atoms with Gasteiger partial charge in [-0.3, -0.25) is 4.79 Å². The van der Waals surface area contributed by atoms with Crippen molar-refractivity contribution < 1.29 is 23.9 Å². The molecule has 2 aliphatic heterocycles. The van der Waals surface area contributed by atoms with Gasteiger partial charge in [0, 0.05) is 11.7 Å². The number of carbonyl (C=O) groups excluding carboxylic acids is 3. The second-order valence-electron chi connectivity index (χ2n) is 6.88. The maximum Gasteiger partial charge on any atom is 0.408 e. The number of piperidine rings is 1. The monoisotopic (exact) mass is 328 g/mol. The van der Waals surface area contributed by atoms with E-state index in [1.165, 1.54) is 7.11 Å². The molecule has 1 N–H and O–H groups in total. The predicted octanol–water partition coefficient (Wildman–Crippen LogP) is 0.726. The van der Waals surface area contributed by atoms with E-state index in [2.05, 4.69) is 5.32 Å². The maximum absolute atomic E-state index is 12.7. The molecule has 2 saturated heterocycles. The van der Waals surface area contributed by atoms with Crippen LogP contribution in [0.1, 0.15) is 27.2 Å². The van der Waals surface area contributed by atoms with Crippen LogP contribution >= 0.6 is 11.8 Å². The maximum atomic E-state index is 12.7. The van der Waals surface area contributed by atoms with Crippen LogP contribution in [0.25, 0.3) is 0 Å². The number of alkyl carbamates (subject to hydrolysis) is 1. The zero-order valence-corrected chi connectivity index (χ0v) is 13.9. The van der Waals surface area contributed by atoms with Gasteiger partial charge in [0.25, 0.3) is 5.91 Å². The molecule has 3 fully saturated rings. The Balaban J connectivity index is 1.73. The summed E-state index contributed by atoms with van der Waals surface area (Å²) in [6.07, 6.45) is 0.0109. The molecule has 2 heterocycles. The van der Waals surface area contributed by atoms with E-state index in [0.717, 1.165) is 0 Å². The third-order valence-corrected chi connectivity index (χ3v) is 5.61. The summed E-state index contributed by atoms with van der Waals surface area (Å²) in [5, 5.41) is 2.66. The van der Waals surface area contributed by atoms with Crippen LogP contribution in [-0.4, -0.2) is 58.3 Å². The average Bonchev–Trinajstić information content (AvgIpc) is 2.86. The van der Waals surface area contributed by atoms with Gasteiger partial charge in [-0.1, -0.05) is 0 Å². The number of hydrogen-bond donors (Lipinski definition) is 1. The van der Waals surface area contributed by atoms with Gasteiger partial charge in [0.1, 0.15) is 17.2 Å². The van der Waals surface area contributed by atoms with Gasteiger partial charge in [0.2, 0.25) is 0 Å². The topological polar surface area (TPSA) is 84.9 Å². The summed E-state index contributed by atoms with van der Waals surface area (Å²) < 4.78 is 10.0. The number of thioether (sulfide) groups is 1. The number of methoxy groups -OCH3 is 1. The van der Waals surface area contributed by atoms with E-state index in [4.69, 9.17) is 9.47 Å². The Kier molecular flexibility index (Phi) is 3.36. The molecule has 0 bridgehead atoms. The number of fused-ring (bicyclic) bond motifs is 3. The normalized spacial score (nSPS) is 35.7. The third-order valence-electron chi connectivity index (χ3n) is 4.21. The predicted molar refractivity (Wildman–Crippen MR) is 79.1 cm³/mol. The lowest BCUT2D eigenvalue weighted by Gasteiger charge is -2.26. The molecule has 0 radical (unpaired) electrons. The minimum Gasteiger partial charge on any atom is -0.467 e. The first-order valence-electron chi connectivity index (χ1n) is 7.23. The molecule has 0 aromatic rings. The van der Waals surface area contributed by atoms with Gasteiger partial charge < -0.3 is 19.7 Å². The Morgan fingerprint density at radius 2 is 2.09 bits per heavy atom. The molecule has 4 atom stereocenters. The Morgan fingerprint density at radius 3 is 2.68 bits per heavy atom. The Bertz CT molecular complexity index is 546. The van der Waals surface area contributed by atoms with Gasteiger partial charge in [-0.25, -0.2) is 9.59 Å². The van der Waals surface area contributed by atoms with Crippen molar-refractivity contribution >= 4 is 29.7 Å². The molecule has 1 aliphatic carbocycles. The van der Waals surface area contributed by atoms with Gasteiger partial charge in [-0.2, -0.15) is 0 Å². The number of carbonyl (C=O) groups is 3. The van der Waals surface area contributed by atoms with E-state index < -0.39 is 29.2 Å². The van der Waals surface area contributed by atoms with Crippen LogP contribution < -0.4 is 5.32 Å². The molecule has 122 valence electrons. The molecular weight excluding hydrogens is 308 g/mol. The second kappa shape index (κ2) is 4.78. The van der Waals surface area contributed by atoms with Crippen LogP contribution in [0.2, 0.25) is 0 Å². The Labute approximate surface area is 133 Å². The summed E-state index contributed by atoms with van der Waals surface area (Å²) in [5.74, 6) is -0.0275. The van der Waals surface area contributed by atoms with Crippen LogP contribution in [0.4, 0.5) is 4.79 Å². The number of rotatable bonds is 2. The molecule has 3 rings (SSSR count). The smallest absolute Gasteiger partial charge is 0.408 e. The zero-order chi connectivity index (χ0) is 16.3. The van der Waals surface area contributed by atoms with Crippen molar-refractivity contribution in [3.63, 3.8) is 0 Å². The minimum absolute atomic E-state index is 0.0344. The second-order valence-corrected chi connectivity index (χ2v) is 8.03. The molecule has 1 saturated carbocycles. The summed E-state index contributed by atoms with van der Waals surface area (Å²) in [5.41, 5.74) is -1.51. The fourth-order valence-corrected chi connectivity index (χ4v) is 4.84. The highest BCUT2D eigenvalue weighted by Crippen LogP contribution is 2.60. The van der Waals surface area contributed by atoms with E-state index in [1.807, 2.05) is 0 Å². The first kappa shape index (κ1) is 15.5. The van der Waals surface area contributed by atoms with E-state index in [0.29, 0.717) is 12.2 Å². The first-order valence-corrected chi connectivity index (χ1v) is 8.28. The summed E-state index contributed by atoms with van der Waals surface area (Å²) in [6, 6.07) is -0.558. The van der Waals surface area contributed by atoms with E-state index in [9.17, 15) is 14.4 Å². The van der Waals surface area contributed by atoms with Crippen molar-refractivity contribution in [1.29, 1.82) is 0 Å². The quantitative estimate of drug-likeness (QED) is 0.752. The number of nitrogens with one attached hydrogen (secondary N) is 1. The molecule has 8 heteroatoms. The molecule has 3 unspecified atom stereocenters. The van der Waals surface area contributed by atoms with Gasteiger partial charge in [0.05, 0.1) is 12.5 Å². The van der Waals surface area contributed by atoms with Crippen LogP contribution in [0.3, 0.4) is 0 Å². The Morgan fingerprint density at radius 1 is 1.41 bits per heavy atom. The van der Waals surface area contributed by atoms with Gasteiger partial charge in [0.15, 0.2) is 0 Å². The van der Waals surface area contributed by atoms with E-state index in [1.54, 1.807) is 37.4 Å². The van der Waals surface area contributed by atoms with Crippen molar-refractivity contribution in [2.75, 3.05) is 12.9 Å². The zero-order valence-electron chi connectivity index (χ0n) is 13.0. The van der Waals surface area contributed by atoms with Crippen molar-refractivity contribution in [2.45, 2.75) is 49.7 Å². The average molecular weight is 328 g/mol. The van der Waals surface area contributed by atoms with Crippen molar-refractivity contribution in [1.82, 2.24) is 10.2 Å². The fraction of sp³-hybridized carbons (Fsp3) is 0.786. The molecule has 7 nitrogen and oxygen atoms in total. The minimum atomic E-state index is -0.896. The molecule has 3 aliphatic rings. The van der Waals surface area contributed by atoms with Gasteiger partial charge in [-0.05, 0) is 27.2 Å². The lowest BCUT2D eigenvalue weighted by molar-refractivity contribution is -0.151. The van der Waals surface area contributed by atoms with Crippen LogP contribution in [-0.2, 0) is 19.1 Å². The fourth-order valence-electron chi connectivity index (χ4n) is 3.20. The van der Waals surface area contributed by atoms with Crippen LogP contribution in [0.5, 0.6) is 0 Å². The highest BCUT2D eigenvalue weighted by atomic mass is 32.2. The molecule has 0 spiro atoms. The SMILES string of the molecule is COC(=O)[C@@H]1CSC2C3CC3(NC(=O)OC(C)(C)C)C(=O)N21. The van der Waals surface area contributed by atoms with Gasteiger partial charge >= 0.3 is 12.1 Å². The van der Waals surface area contributed by atoms with Crippen molar-refractivity contribution in [3.8, 4) is 0 Å². The highest BCUT2D eigenvalue weighted by molar-refractivity contribution is 8.00. The number of hydrogen-bond acceptors (Lipinski definition) is 6. The van der Waals surface area contributed by atoms with E-state index in [-0.39, 0.29) is 17.2 Å². The first-order chi connectivity index (χ1) is 10.2. The van der Waals surface area contributed by atoms with Gasteiger partial charge in [-0.15, -0.1) is 11.8 Å². The highest BCUT2D eigenvalue weighted by Gasteiger charge is 2.75. The van der Waals surface area contributed by atoms with Crippen LogP contribution in [0.15, 0.2) is 0 Å². The van der Waals surface area contributed by atoms with Crippen molar-refractivity contribution in [3.05, 3.63) is 0 Å². The summed E-state index contributed by atoms with van der Waals surface area (Å²) in [4.78, 5) is 38.1. The number of amides is 2. The number of nitrogens with zero attached hydrogens (tertiary/aromatic N) is 1. The Hall–Kier alpha value is -1.44. The summed E-state index contributed by atoms with van der Waals surface area (Å²) in [7, 11) is 1.32. The summed E-state index contributed by atoms with van der Waals surface area (Å²) >= 11 is 1.57. The molecule has 2 amide bonds. The molecular formula is C14H20N2O5S. The lowest BCUT2D eigenvalue weighted by Crippen LogP contribution is -2.52. The number of esters is 1. The largest absolute Gasteiger partial charge is 0.467 e. The molecule has 0 aromatic heterocycles. The van der Waals surface area contributed by atoms with Crippen molar-refractivity contribution in [2.24, 2.45) is 5.92 Å². The standard InChI is InChI=1S/C14H20N2O5S/c1-13(2,3)21-12(19)15-14-5-7(14)9-16(11(14)18)8(6-22-9)10(17)20-4/h7-9H,5-6H2,1-4H3,(H,15,19)/t7?,8-,9?,14?/m0/s1. The summed E-state index contributed by atoms with van der Waals surface area (Å²) in [6.45, 7) is 5.31. The molecule has 0 aromatic carbocycles. The third kappa shape index (κ3) is 2.24. The number of ether oxygens (including phenoxy) is 2. The lowest BCUT2D eigenvalue weighted by atomic mass is 10.2. The van der Waals surface area contributed by atoms with E-state index >= 15 is 0 Å². The van der Waals surface area contributed by atoms with Crippen LogP contribution in [0, 0.1) is 5.92 Å².